The number of amides is 2. The molecule has 1 saturated heterocycles. The van der Waals surface area contributed by atoms with Gasteiger partial charge in [0.15, 0.2) is 0 Å². The highest BCUT2D eigenvalue weighted by molar-refractivity contribution is 5.74. The van der Waals surface area contributed by atoms with Gasteiger partial charge in [-0.2, -0.15) is 0 Å². The summed E-state index contributed by atoms with van der Waals surface area (Å²) in [6.45, 7) is 2.29. The minimum absolute atomic E-state index is 0.0672. The van der Waals surface area contributed by atoms with Gasteiger partial charge in [0, 0.05) is 32.2 Å². The molecule has 3 rings (SSSR count). The van der Waals surface area contributed by atoms with Gasteiger partial charge in [0.1, 0.15) is 0 Å². The average molecular weight is 330 g/mol. The van der Waals surface area contributed by atoms with Crippen LogP contribution in [0.25, 0.3) is 0 Å². The first kappa shape index (κ1) is 17.3. The van der Waals surface area contributed by atoms with E-state index in [4.69, 9.17) is 4.74 Å². The summed E-state index contributed by atoms with van der Waals surface area (Å²) < 4.78 is 5.43. The van der Waals surface area contributed by atoms with Crippen LogP contribution in [0.4, 0.5) is 4.79 Å². The van der Waals surface area contributed by atoms with Gasteiger partial charge < -0.3 is 15.0 Å². The van der Waals surface area contributed by atoms with Crippen molar-refractivity contribution >= 4 is 6.03 Å². The van der Waals surface area contributed by atoms with Crippen molar-refractivity contribution in [3.8, 4) is 0 Å². The molecule has 4 nitrogen and oxygen atoms in total. The number of rotatable bonds is 4. The second kappa shape index (κ2) is 8.02. The molecule has 2 amide bonds. The average Bonchev–Trinajstić information content (AvgIpc) is 2.67. The first-order valence-electron chi connectivity index (χ1n) is 9.35. The van der Waals surface area contributed by atoms with Crippen molar-refractivity contribution in [2.45, 2.75) is 56.5 Å². The SMILES string of the molecule is CO[C@H]1CCCN(C(=O)NCC2(c3ccccc3)CCCCC2)C1. The minimum Gasteiger partial charge on any atom is -0.380 e. The number of urea groups is 1. The Balaban J connectivity index is 1.64. The van der Waals surface area contributed by atoms with E-state index in [-0.39, 0.29) is 17.6 Å². The Morgan fingerprint density at radius 2 is 1.96 bits per heavy atom. The Labute approximate surface area is 145 Å². The summed E-state index contributed by atoms with van der Waals surface area (Å²) in [7, 11) is 1.73. The smallest absolute Gasteiger partial charge is 0.317 e. The molecule has 132 valence electrons. The van der Waals surface area contributed by atoms with Gasteiger partial charge in [-0.05, 0) is 31.2 Å². The lowest BCUT2D eigenvalue weighted by atomic mass is 9.69. The second-order valence-corrected chi connectivity index (χ2v) is 7.31. The van der Waals surface area contributed by atoms with Gasteiger partial charge in [-0.15, -0.1) is 0 Å². The first-order chi connectivity index (χ1) is 11.7. The number of hydrogen-bond acceptors (Lipinski definition) is 2. The molecule has 0 spiro atoms. The lowest BCUT2D eigenvalue weighted by Crippen LogP contribution is -2.51. The van der Waals surface area contributed by atoms with Crippen LogP contribution < -0.4 is 5.32 Å². The number of piperidine rings is 1. The quantitative estimate of drug-likeness (QED) is 0.914. The zero-order valence-electron chi connectivity index (χ0n) is 14.8. The standard InChI is InChI=1S/C20H30N2O2/c1-24-18-11-8-14-22(15-18)19(23)21-16-20(12-6-3-7-13-20)17-9-4-2-5-10-17/h2,4-5,9-10,18H,3,6-8,11-16H2,1H3,(H,21,23)/t18-/m0/s1. The van der Waals surface area contributed by atoms with Crippen LogP contribution in [0, 0.1) is 0 Å². The van der Waals surface area contributed by atoms with E-state index in [0.29, 0.717) is 6.54 Å². The van der Waals surface area contributed by atoms with E-state index < -0.39 is 0 Å². The molecule has 1 aliphatic heterocycles. The lowest BCUT2D eigenvalue weighted by Gasteiger charge is -2.39. The number of hydrogen-bond donors (Lipinski definition) is 1. The topological polar surface area (TPSA) is 41.6 Å². The number of benzene rings is 1. The summed E-state index contributed by atoms with van der Waals surface area (Å²) in [6, 6.07) is 10.8. The fourth-order valence-electron chi connectivity index (χ4n) is 4.26. The van der Waals surface area contributed by atoms with Crippen molar-refractivity contribution < 1.29 is 9.53 Å². The monoisotopic (exact) mass is 330 g/mol. The van der Waals surface area contributed by atoms with Crippen molar-refractivity contribution in [1.29, 1.82) is 0 Å². The third kappa shape index (κ3) is 3.92. The molecule has 2 fully saturated rings. The Morgan fingerprint density at radius 1 is 1.21 bits per heavy atom. The number of carbonyl (C=O) groups excluding carboxylic acids is 1. The van der Waals surface area contributed by atoms with E-state index in [9.17, 15) is 4.79 Å². The molecular weight excluding hydrogens is 300 g/mol. The van der Waals surface area contributed by atoms with Gasteiger partial charge in [-0.3, -0.25) is 0 Å². The minimum atomic E-state index is 0.0672. The van der Waals surface area contributed by atoms with Crippen LogP contribution in [-0.2, 0) is 10.2 Å². The summed E-state index contributed by atoms with van der Waals surface area (Å²) in [5, 5.41) is 3.24. The molecule has 0 unspecified atom stereocenters. The molecule has 4 heteroatoms. The van der Waals surface area contributed by atoms with E-state index in [0.717, 1.165) is 38.8 Å². The maximum atomic E-state index is 12.6. The number of nitrogens with one attached hydrogen (secondary N) is 1. The molecule has 1 saturated carbocycles. The molecule has 1 heterocycles. The number of likely N-dealkylation sites (tertiary alicyclic amines) is 1. The fourth-order valence-corrected chi connectivity index (χ4v) is 4.26. The van der Waals surface area contributed by atoms with Crippen molar-refractivity contribution in [2.75, 3.05) is 26.7 Å². The Kier molecular flexibility index (Phi) is 5.77. The maximum Gasteiger partial charge on any atom is 0.317 e. The summed E-state index contributed by atoms with van der Waals surface area (Å²) in [5.41, 5.74) is 1.48. The van der Waals surface area contributed by atoms with Crippen LogP contribution in [0.2, 0.25) is 0 Å². The second-order valence-electron chi connectivity index (χ2n) is 7.31. The van der Waals surface area contributed by atoms with E-state index in [2.05, 4.69) is 35.6 Å². The summed E-state index contributed by atoms with van der Waals surface area (Å²) in [6.07, 6.45) is 8.40. The Hall–Kier alpha value is -1.55. The van der Waals surface area contributed by atoms with Gasteiger partial charge in [-0.25, -0.2) is 4.79 Å². The highest BCUT2D eigenvalue weighted by Crippen LogP contribution is 2.38. The predicted molar refractivity (Wildman–Crippen MR) is 96.2 cm³/mol. The van der Waals surface area contributed by atoms with Gasteiger partial charge in [0.05, 0.1) is 6.10 Å². The fraction of sp³-hybridized carbons (Fsp3) is 0.650. The largest absolute Gasteiger partial charge is 0.380 e. The molecule has 0 radical (unpaired) electrons. The predicted octanol–water partition coefficient (Wildman–Crippen LogP) is 3.71. The zero-order chi connectivity index (χ0) is 16.8. The molecule has 1 aromatic rings. The van der Waals surface area contributed by atoms with Crippen molar-refractivity contribution in [3.63, 3.8) is 0 Å². The van der Waals surface area contributed by atoms with E-state index in [1.54, 1.807) is 7.11 Å². The number of methoxy groups -OCH3 is 1. The van der Waals surface area contributed by atoms with Crippen molar-refractivity contribution in [2.24, 2.45) is 0 Å². The molecule has 2 aliphatic rings. The molecule has 1 aliphatic carbocycles. The summed E-state index contributed by atoms with van der Waals surface area (Å²) >= 11 is 0. The summed E-state index contributed by atoms with van der Waals surface area (Å²) in [4.78, 5) is 14.6. The van der Waals surface area contributed by atoms with Gasteiger partial charge in [0.2, 0.25) is 0 Å². The van der Waals surface area contributed by atoms with Crippen LogP contribution in [0.5, 0.6) is 0 Å². The zero-order valence-corrected chi connectivity index (χ0v) is 14.8. The summed E-state index contributed by atoms with van der Waals surface area (Å²) in [5.74, 6) is 0. The normalized spacial score (nSPS) is 23.7. The third-order valence-electron chi connectivity index (χ3n) is 5.77. The molecule has 0 aromatic heterocycles. The third-order valence-corrected chi connectivity index (χ3v) is 5.77. The highest BCUT2D eigenvalue weighted by atomic mass is 16.5. The first-order valence-corrected chi connectivity index (χ1v) is 9.35. The number of nitrogens with zero attached hydrogens (tertiary/aromatic N) is 1. The molecule has 1 aromatic carbocycles. The van der Waals surface area contributed by atoms with Crippen LogP contribution in [0.1, 0.15) is 50.5 Å². The van der Waals surface area contributed by atoms with E-state index >= 15 is 0 Å². The molecule has 1 N–H and O–H groups in total. The van der Waals surface area contributed by atoms with Crippen molar-refractivity contribution in [3.05, 3.63) is 35.9 Å². The molecule has 0 bridgehead atoms. The van der Waals surface area contributed by atoms with Gasteiger partial charge in [0.25, 0.3) is 0 Å². The van der Waals surface area contributed by atoms with E-state index in [1.165, 1.54) is 24.8 Å². The van der Waals surface area contributed by atoms with Crippen molar-refractivity contribution in [1.82, 2.24) is 10.2 Å². The highest BCUT2D eigenvalue weighted by Gasteiger charge is 2.35. The number of carbonyl (C=O) groups is 1. The van der Waals surface area contributed by atoms with Crippen LogP contribution >= 0.6 is 0 Å². The molecule has 24 heavy (non-hydrogen) atoms. The Bertz CT molecular complexity index is 526. The van der Waals surface area contributed by atoms with E-state index in [1.807, 2.05) is 4.90 Å². The maximum absolute atomic E-state index is 12.6. The van der Waals surface area contributed by atoms with Crippen LogP contribution in [-0.4, -0.2) is 43.8 Å². The molecular formula is C20H30N2O2. The molecule has 1 atom stereocenters. The van der Waals surface area contributed by atoms with Gasteiger partial charge in [-0.1, -0.05) is 49.6 Å². The van der Waals surface area contributed by atoms with Crippen LogP contribution in [0.3, 0.4) is 0 Å². The lowest BCUT2D eigenvalue weighted by molar-refractivity contribution is 0.0431. The van der Waals surface area contributed by atoms with Gasteiger partial charge >= 0.3 is 6.03 Å². The number of ether oxygens (including phenoxy) is 1. The Morgan fingerprint density at radius 3 is 2.67 bits per heavy atom. The van der Waals surface area contributed by atoms with Crippen LogP contribution in [0.15, 0.2) is 30.3 Å².